The summed E-state index contributed by atoms with van der Waals surface area (Å²) in [4.78, 5) is 15.4. The molecule has 0 bridgehead atoms. The normalized spacial score (nSPS) is 15.8. The highest BCUT2D eigenvalue weighted by Gasteiger charge is 2.26. The van der Waals surface area contributed by atoms with Gasteiger partial charge in [0.15, 0.2) is 5.69 Å². The molecule has 1 aliphatic rings. The minimum atomic E-state index is -3.51. The number of aromatic nitrogens is 1. The maximum Gasteiger partial charge on any atom is 0.355 e. The van der Waals surface area contributed by atoms with Gasteiger partial charge in [-0.2, -0.15) is 4.31 Å². The lowest BCUT2D eigenvalue weighted by Gasteiger charge is -2.25. The molecule has 0 atom stereocenters. The molecule has 0 radical (unpaired) electrons. The number of anilines is 1. The Bertz CT molecular complexity index is 889. The van der Waals surface area contributed by atoms with E-state index in [9.17, 15) is 18.3 Å². The van der Waals surface area contributed by atoms with Crippen molar-refractivity contribution in [2.45, 2.75) is 24.2 Å². The molecule has 1 aliphatic heterocycles. The topological polar surface area (TPSA) is 114 Å². The Balaban J connectivity index is 1.94. The molecule has 0 saturated carbocycles. The summed E-state index contributed by atoms with van der Waals surface area (Å²) in [6.07, 6.45) is 2.79. The molecule has 0 unspecified atom stereocenters. The van der Waals surface area contributed by atoms with Crippen LogP contribution in [-0.4, -0.2) is 41.9 Å². The van der Waals surface area contributed by atoms with Gasteiger partial charge >= 0.3 is 5.97 Å². The van der Waals surface area contributed by atoms with E-state index in [0.717, 1.165) is 19.3 Å². The van der Waals surface area contributed by atoms with E-state index in [1.54, 1.807) is 18.2 Å². The van der Waals surface area contributed by atoms with E-state index in [1.807, 2.05) is 0 Å². The summed E-state index contributed by atoms with van der Waals surface area (Å²) in [6.45, 7) is 1.07. The number of aromatic carboxylic acids is 1. The van der Waals surface area contributed by atoms with Crippen molar-refractivity contribution in [2.24, 2.45) is 0 Å². The molecule has 0 amide bonds. The molecule has 1 fully saturated rings. The number of piperidine rings is 1. The fourth-order valence-electron chi connectivity index (χ4n) is 2.93. The highest BCUT2D eigenvalue weighted by atomic mass is 32.2. The number of hydrogen-bond donors (Lipinski definition) is 2. The van der Waals surface area contributed by atoms with Crippen LogP contribution in [0.3, 0.4) is 0 Å². The zero-order chi connectivity index (χ0) is 18.0. The fourth-order valence-corrected chi connectivity index (χ4v) is 4.45. The molecule has 1 aromatic carbocycles. The third-order valence-corrected chi connectivity index (χ3v) is 6.15. The van der Waals surface area contributed by atoms with Crippen molar-refractivity contribution in [1.82, 2.24) is 9.29 Å². The van der Waals surface area contributed by atoms with E-state index in [1.165, 1.54) is 22.5 Å². The van der Waals surface area contributed by atoms with Crippen LogP contribution in [0.1, 0.15) is 29.8 Å². The Hall–Kier alpha value is -2.45. The standard InChI is InChI=1S/C17H19N3O4S/c18-15-9-8-14(16(19-15)17(21)22)12-4-6-13(7-5-12)25(23,24)20-10-2-1-3-11-20/h4-9H,1-3,10-11H2,(H2,18,19)(H,21,22). The fraction of sp³-hybridized carbons (Fsp3) is 0.294. The lowest BCUT2D eigenvalue weighted by atomic mass is 10.0. The van der Waals surface area contributed by atoms with Crippen molar-refractivity contribution in [3.63, 3.8) is 0 Å². The number of carboxylic acid groups (broad SMARTS) is 1. The lowest BCUT2D eigenvalue weighted by Crippen LogP contribution is -2.35. The number of nitrogens with two attached hydrogens (primary N) is 1. The maximum atomic E-state index is 12.7. The molecule has 1 aromatic heterocycles. The minimum Gasteiger partial charge on any atom is -0.476 e. The van der Waals surface area contributed by atoms with Crippen molar-refractivity contribution >= 4 is 21.8 Å². The summed E-state index contributed by atoms with van der Waals surface area (Å²) < 4.78 is 26.8. The Morgan fingerprint density at radius 3 is 2.28 bits per heavy atom. The molecule has 2 heterocycles. The van der Waals surface area contributed by atoms with Crippen LogP contribution in [0.5, 0.6) is 0 Å². The SMILES string of the molecule is Nc1ccc(-c2ccc(S(=O)(=O)N3CCCCC3)cc2)c(C(=O)O)n1. The molecule has 0 aliphatic carbocycles. The van der Waals surface area contributed by atoms with Gasteiger partial charge < -0.3 is 10.8 Å². The first-order valence-corrected chi connectivity index (χ1v) is 9.44. The van der Waals surface area contributed by atoms with Crippen LogP contribution in [0.2, 0.25) is 0 Å². The van der Waals surface area contributed by atoms with E-state index in [-0.39, 0.29) is 16.4 Å². The first kappa shape index (κ1) is 17.4. The van der Waals surface area contributed by atoms with E-state index >= 15 is 0 Å². The number of sulfonamides is 1. The van der Waals surface area contributed by atoms with Crippen molar-refractivity contribution in [3.05, 3.63) is 42.1 Å². The molecule has 132 valence electrons. The van der Waals surface area contributed by atoms with Gasteiger partial charge in [-0.1, -0.05) is 18.6 Å². The molecule has 25 heavy (non-hydrogen) atoms. The number of carboxylic acids is 1. The molecule has 0 spiro atoms. The Labute approximate surface area is 146 Å². The van der Waals surface area contributed by atoms with Crippen molar-refractivity contribution in [3.8, 4) is 11.1 Å². The summed E-state index contributed by atoms with van der Waals surface area (Å²) in [6, 6.07) is 9.27. The Morgan fingerprint density at radius 1 is 1.04 bits per heavy atom. The van der Waals surface area contributed by atoms with Gasteiger partial charge in [0.05, 0.1) is 4.90 Å². The van der Waals surface area contributed by atoms with E-state index in [4.69, 9.17) is 5.73 Å². The van der Waals surface area contributed by atoms with Crippen LogP contribution in [-0.2, 0) is 10.0 Å². The third-order valence-electron chi connectivity index (χ3n) is 4.24. The number of carbonyl (C=O) groups is 1. The van der Waals surface area contributed by atoms with Gasteiger partial charge in [-0.15, -0.1) is 0 Å². The summed E-state index contributed by atoms with van der Waals surface area (Å²) in [5, 5.41) is 9.28. The Kier molecular flexibility index (Phi) is 4.73. The van der Waals surface area contributed by atoms with Gasteiger partial charge in [0.1, 0.15) is 5.82 Å². The first-order chi connectivity index (χ1) is 11.9. The smallest absolute Gasteiger partial charge is 0.355 e. The van der Waals surface area contributed by atoms with Crippen molar-refractivity contribution < 1.29 is 18.3 Å². The number of hydrogen-bond acceptors (Lipinski definition) is 5. The van der Waals surface area contributed by atoms with Crippen LogP contribution < -0.4 is 5.73 Å². The summed E-state index contributed by atoms with van der Waals surface area (Å²) in [7, 11) is -3.51. The number of pyridine rings is 1. The highest BCUT2D eigenvalue weighted by Crippen LogP contribution is 2.27. The molecular weight excluding hydrogens is 342 g/mol. The van der Waals surface area contributed by atoms with Crippen LogP contribution in [0.15, 0.2) is 41.3 Å². The van der Waals surface area contributed by atoms with E-state index in [2.05, 4.69) is 4.98 Å². The number of rotatable bonds is 4. The lowest BCUT2D eigenvalue weighted by molar-refractivity contribution is 0.0691. The molecule has 7 nitrogen and oxygen atoms in total. The van der Waals surface area contributed by atoms with Crippen LogP contribution in [0.25, 0.3) is 11.1 Å². The van der Waals surface area contributed by atoms with Crippen molar-refractivity contribution in [2.75, 3.05) is 18.8 Å². The van der Waals surface area contributed by atoms with Crippen LogP contribution in [0.4, 0.5) is 5.82 Å². The monoisotopic (exact) mass is 361 g/mol. The molecule has 2 aromatic rings. The molecule has 1 saturated heterocycles. The van der Waals surface area contributed by atoms with Crippen LogP contribution >= 0.6 is 0 Å². The van der Waals surface area contributed by atoms with Gasteiger partial charge in [0.2, 0.25) is 10.0 Å². The van der Waals surface area contributed by atoms with Crippen LogP contribution in [0, 0.1) is 0 Å². The molecular formula is C17H19N3O4S. The minimum absolute atomic E-state index is 0.116. The third kappa shape index (κ3) is 3.49. The van der Waals surface area contributed by atoms with E-state index < -0.39 is 16.0 Å². The molecule has 3 rings (SSSR count). The number of benzene rings is 1. The summed E-state index contributed by atoms with van der Waals surface area (Å²) >= 11 is 0. The summed E-state index contributed by atoms with van der Waals surface area (Å²) in [5.74, 6) is -1.07. The predicted octanol–water partition coefficient (Wildman–Crippen LogP) is 2.20. The average Bonchev–Trinajstić information content (AvgIpc) is 2.62. The second-order valence-corrected chi connectivity index (χ2v) is 7.86. The maximum absolute atomic E-state index is 12.7. The average molecular weight is 361 g/mol. The second kappa shape index (κ2) is 6.81. The molecule has 8 heteroatoms. The van der Waals surface area contributed by atoms with Gasteiger partial charge in [-0.05, 0) is 42.7 Å². The van der Waals surface area contributed by atoms with Gasteiger partial charge in [0, 0.05) is 18.7 Å². The number of nitrogens with zero attached hydrogens (tertiary/aromatic N) is 2. The largest absolute Gasteiger partial charge is 0.476 e. The zero-order valence-corrected chi connectivity index (χ0v) is 14.4. The van der Waals surface area contributed by atoms with Crippen molar-refractivity contribution in [1.29, 1.82) is 0 Å². The van der Waals surface area contributed by atoms with Gasteiger partial charge in [0.25, 0.3) is 0 Å². The summed E-state index contributed by atoms with van der Waals surface area (Å²) in [5.41, 5.74) is 6.35. The number of nitrogen functional groups attached to an aromatic ring is 1. The molecule has 3 N–H and O–H groups in total. The first-order valence-electron chi connectivity index (χ1n) is 8.00. The second-order valence-electron chi connectivity index (χ2n) is 5.93. The predicted molar refractivity (Wildman–Crippen MR) is 93.7 cm³/mol. The van der Waals surface area contributed by atoms with Gasteiger partial charge in [-0.25, -0.2) is 18.2 Å². The Morgan fingerprint density at radius 2 is 1.68 bits per heavy atom. The quantitative estimate of drug-likeness (QED) is 0.863. The van der Waals surface area contributed by atoms with Gasteiger partial charge in [-0.3, -0.25) is 0 Å². The zero-order valence-electron chi connectivity index (χ0n) is 13.6. The van der Waals surface area contributed by atoms with E-state index in [0.29, 0.717) is 24.2 Å². The highest BCUT2D eigenvalue weighted by molar-refractivity contribution is 7.89.